The van der Waals surface area contributed by atoms with Gasteiger partial charge >= 0.3 is 12.3 Å². The first kappa shape index (κ1) is 13.8. The molecule has 98 valence electrons. The summed E-state index contributed by atoms with van der Waals surface area (Å²) in [5.74, 6) is -2.04. The van der Waals surface area contributed by atoms with Gasteiger partial charge in [-0.15, -0.1) is 13.2 Å². The molecule has 5 nitrogen and oxygen atoms in total. The van der Waals surface area contributed by atoms with Crippen molar-refractivity contribution in [1.29, 1.82) is 5.41 Å². The van der Waals surface area contributed by atoms with Crippen LogP contribution >= 0.6 is 0 Å². The molecule has 0 unspecified atom stereocenters. The molecule has 0 atom stereocenters. The van der Waals surface area contributed by atoms with Crippen LogP contribution in [0.25, 0.3) is 0 Å². The van der Waals surface area contributed by atoms with Crippen LogP contribution in [0.15, 0.2) is 18.2 Å². The van der Waals surface area contributed by atoms with E-state index in [4.69, 9.17) is 10.5 Å². The van der Waals surface area contributed by atoms with E-state index < -0.39 is 18.1 Å². The van der Waals surface area contributed by atoms with Gasteiger partial charge in [0.15, 0.2) is 6.40 Å². The average Bonchev–Trinajstić information content (AvgIpc) is 2.23. The highest BCUT2D eigenvalue weighted by Gasteiger charge is 2.31. The van der Waals surface area contributed by atoms with E-state index in [-0.39, 0.29) is 17.7 Å². The van der Waals surface area contributed by atoms with Gasteiger partial charge in [-0.25, -0.2) is 4.79 Å². The molecule has 1 aromatic rings. The molecular formula is C10H8F3NO4. The van der Waals surface area contributed by atoms with Crippen molar-refractivity contribution in [2.75, 3.05) is 0 Å². The lowest BCUT2D eigenvalue weighted by Crippen LogP contribution is -2.17. The van der Waals surface area contributed by atoms with Crippen LogP contribution in [-0.2, 0) is 11.3 Å². The highest BCUT2D eigenvalue weighted by atomic mass is 19.4. The van der Waals surface area contributed by atoms with E-state index >= 15 is 0 Å². The normalized spacial score (nSPS) is 10.8. The molecule has 0 spiro atoms. The van der Waals surface area contributed by atoms with Crippen LogP contribution in [0.5, 0.6) is 5.75 Å². The number of carbonyl (C=O) groups is 1. The van der Waals surface area contributed by atoms with Crippen LogP contribution in [0, 0.1) is 5.41 Å². The van der Waals surface area contributed by atoms with Gasteiger partial charge in [-0.05, 0) is 23.8 Å². The molecule has 18 heavy (non-hydrogen) atoms. The summed E-state index contributed by atoms with van der Waals surface area (Å²) in [6.07, 6.45) is -4.31. The molecule has 1 aromatic carbocycles. The second-order valence-corrected chi connectivity index (χ2v) is 3.15. The van der Waals surface area contributed by atoms with Crippen molar-refractivity contribution in [3.63, 3.8) is 0 Å². The summed E-state index contributed by atoms with van der Waals surface area (Å²) < 4.78 is 44.3. The zero-order valence-corrected chi connectivity index (χ0v) is 8.82. The van der Waals surface area contributed by atoms with Crippen molar-refractivity contribution in [3.8, 4) is 5.75 Å². The molecule has 0 saturated heterocycles. The highest BCUT2D eigenvalue weighted by Crippen LogP contribution is 2.25. The Balaban J connectivity index is 3.05. The van der Waals surface area contributed by atoms with Gasteiger partial charge < -0.3 is 14.6 Å². The lowest BCUT2D eigenvalue weighted by atomic mass is 10.1. The average molecular weight is 263 g/mol. The molecule has 0 radical (unpaired) electrons. The maximum atomic E-state index is 12.0. The fourth-order valence-electron chi connectivity index (χ4n) is 1.20. The van der Waals surface area contributed by atoms with E-state index in [1.807, 2.05) is 0 Å². The second kappa shape index (κ2) is 5.39. The molecule has 0 amide bonds. The first-order valence-corrected chi connectivity index (χ1v) is 4.55. The largest absolute Gasteiger partial charge is 0.573 e. The van der Waals surface area contributed by atoms with Crippen molar-refractivity contribution < 1.29 is 32.5 Å². The number of hydrogen-bond acceptors (Lipinski definition) is 4. The number of halogens is 3. The molecule has 0 aliphatic heterocycles. The predicted molar refractivity (Wildman–Crippen MR) is 53.7 cm³/mol. The molecule has 0 saturated carbocycles. The SMILES string of the molecule is N=COCc1cc(OC(F)(F)F)cc(C(=O)O)c1. The van der Waals surface area contributed by atoms with E-state index in [2.05, 4.69) is 9.47 Å². The van der Waals surface area contributed by atoms with Crippen LogP contribution in [0.2, 0.25) is 0 Å². The molecule has 1 rings (SSSR count). The number of nitrogens with one attached hydrogen (secondary N) is 1. The number of hydrogen-bond donors (Lipinski definition) is 2. The highest BCUT2D eigenvalue weighted by molar-refractivity contribution is 5.88. The molecule has 0 aliphatic rings. The molecule has 0 fully saturated rings. The Bertz CT molecular complexity index is 459. The second-order valence-electron chi connectivity index (χ2n) is 3.15. The van der Waals surface area contributed by atoms with E-state index in [0.29, 0.717) is 6.40 Å². The van der Waals surface area contributed by atoms with Crippen molar-refractivity contribution in [2.45, 2.75) is 13.0 Å². The van der Waals surface area contributed by atoms with Gasteiger partial charge in [-0.3, -0.25) is 5.41 Å². The topological polar surface area (TPSA) is 79.6 Å². The Hall–Kier alpha value is -2.25. The number of carboxylic acids is 1. The summed E-state index contributed by atoms with van der Waals surface area (Å²) in [5.41, 5.74) is -0.210. The van der Waals surface area contributed by atoms with Gasteiger partial charge in [-0.1, -0.05) is 0 Å². The van der Waals surface area contributed by atoms with Crippen molar-refractivity contribution >= 4 is 12.4 Å². The minimum absolute atomic E-state index is 0.151. The Morgan fingerprint density at radius 2 is 2.06 bits per heavy atom. The number of aromatic carboxylic acids is 1. The molecule has 2 N–H and O–H groups in total. The molecule has 0 aliphatic carbocycles. The Kier molecular flexibility index (Phi) is 4.13. The smallest absolute Gasteiger partial charge is 0.479 e. The van der Waals surface area contributed by atoms with Crippen LogP contribution in [0.4, 0.5) is 13.2 Å². The molecular weight excluding hydrogens is 255 g/mol. The maximum absolute atomic E-state index is 12.0. The third-order valence-corrected chi connectivity index (χ3v) is 1.78. The number of ether oxygens (including phenoxy) is 2. The van der Waals surface area contributed by atoms with Crippen LogP contribution < -0.4 is 4.74 Å². The zero-order chi connectivity index (χ0) is 13.8. The monoisotopic (exact) mass is 263 g/mol. The first-order valence-electron chi connectivity index (χ1n) is 4.55. The van der Waals surface area contributed by atoms with Crippen molar-refractivity contribution in [3.05, 3.63) is 29.3 Å². The molecule has 0 bridgehead atoms. The lowest BCUT2D eigenvalue weighted by Gasteiger charge is -2.11. The van der Waals surface area contributed by atoms with Gasteiger partial charge in [0.2, 0.25) is 0 Å². The van der Waals surface area contributed by atoms with Gasteiger partial charge in [0, 0.05) is 0 Å². The quantitative estimate of drug-likeness (QED) is 0.631. The number of carboxylic acid groups (broad SMARTS) is 1. The van der Waals surface area contributed by atoms with E-state index in [1.165, 1.54) is 0 Å². The predicted octanol–water partition coefficient (Wildman–Crippen LogP) is 2.41. The fourth-order valence-corrected chi connectivity index (χ4v) is 1.20. The number of benzene rings is 1. The summed E-state index contributed by atoms with van der Waals surface area (Å²) >= 11 is 0. The van der Waals surface area contributed by atoms with E-state index in [1.54, 1.807) is 0 Å². The zero-order valence-electron chi connectivity index (χ0n) is 8.82. The molecule has 8 heteroatoms. The minimum atomic E-state index is -4.91. The van der Waals surface area contributed by atoms with Gasteiger partial charge in [0.05, 0.1) is 5.56 Å². The van der Waals surface area contributed by atoms with Gasteiger partial charge in [-0.2, -0.15) is 0 Å². The molecule has 0 heterocycles. The summed E-state index contributed by atoms with van der Waals surface area (Å²) in [7, 11) is 0. The van der Waals surface area contributed by atoms with Gasteiger partial charge in [0.25, 0.3) is 0 Å². The summed E-state index contributed by atoms with van der Waals surface area (Å²) in [4.78, 5) is 10.7. The summed E-state index contributed by atoms with van der Waals surface area (Å²) in [5, 5.41) is 15.3. The van der Waals surface area contributed by atoms with Crippen LogP contribution in [-0.4, -0.2) is 23.8 Å². The Morgan fingerprint density at radius 3 is 2.56 bits per heavy atom. The lowest BCUT2D eigenvalue weighted by molar-refractivity contribution is -0.274. The van der Waals surface area contributed by atoms with Gasteiger partial charge in [0.1, 0.15) is 12.4 Å². The third kappa shape index (κ3) is 4.32. The maximum Gasteiger partial charge on any atom is 0.573 e. The standard InChI is InChI=1S/C10H8F3NO4/c11-10(12,13)18-8-2-6(4-17-5-14)1-7(3-8)9(15)16/h1-3,5,14H,4H2,(H,15,16). The summed E-state index contributed by atoms with van der Waals surface area (Å²) in [6, 6.07) is 2.88. The van der Waals surface area contributed by atoms with E-state index in [9.17, 15) is 18.0 Å². The first-order chi connectivity index (χ1) is 8.31. The summed E-state index contributed by atoms with van der Waals surface area (Å²) in [6.45, 7) is -0.223. The Labute approximate surface area is 99.3 Å². The Morgan fingerprint density at radius 1 is 1.39 bits per heavy atom. The number of alkyl halides is 3. The fraction of sp³-hybridized carbons (Fsp3) is 0.200. The van der Waals surface area contributed by atoms with Crippen LogP contribution in [0.1, 0.15) is 15.9 Å². The van der Waals surface area contributed by atoms with E-state index in [0.717, 1.165) is 18.2 Å². The van der Waals surface area contributed by atoms with Crippen molar-refractivity contribution in [1.82, 2.24) is 0 Å². The van der Waals surface area contributed by atoms with Crippen LogP contribution in [0.3, 0.4) is 0 Å². The van der Waals surface area contributed by atoms with Crippen molar-refractivity contribution in [2.24, 2.45) is 0 Å². The minimum Gasteiger partial charge on any atom is -0.479 e. The molecule has 0 aromatic heterocycles. The third-order valence-electron chi connectivity index (χ3n) is 1.78. The number of rotatable bonds is 5.